The summed E-state index contributed by atoms with van der Waals surface area (Å²) in [5, 5.41) is 0.749. The van der Waals surface area contributed by atoms with Gasteiger partial charge in [0.05, 0.1) is 14.9 Å². The van der Waals surface area contributed by atoms with Crippen LogP contribution in [-0.4, -0.2) is 20.4 Å². The van der Waals surface area contributed by atoms with Crippen LogP contribution >= 0.6 is 23.2 Å². The third-order valence-corrected chi connectivity index (χ3v) is 5.68. The number of carbonyl (C=O) groups excluding carboxylic acids is 1. The van der Waals surface area contributed by atoms with Gasteiger partial charge in [-0.15, -0.1) is 0 Å². The van der Waals surface area contributed by atoms with Crippen molar-refractivity contribution in [3.05, 3.63) is 63.6 Å². The number of rotatable bonds is 6. The monoisotopic (exact) mass is 401 g/mol. The smallest absolute Gasteiger partial charge is 0.324 e. The van der Waals surface area contributed by atoms with E-state index in [1.165, 1.54) is 19.1 Å². The minimum absolute atomic E-state index is 0.0354. The molecule has 1 N–H and O–H groups in total. The summed E-state index contributed by atoms with van der Waals surface area (Å²) in [6.07, 6.45) is 0. The van der Waals surface area contributed by atoms with E-state index in [-0.39, 0.29) is 11.5 Å². The van der Waals surface area contributed by atoms with Crippen molar-refractivity contribution in [3.8, 4) is 0 Å². The van der Waals surface area contributed by atoms with Gasteiger partial charge >= 0.3 is 5.97 Å². The molecule has 2 rings (SSSR count). The lowest BCUT2D eigenvalue weighted by atomic mass is 10.2. The molecule has 0 amide bonds. The Morgan fingerprint density at radius 3 is 2.36 bits per heavy atom. The van der Waals surface area contributed by atoms with Gasteiger partial charge in [-0.2, -0.15) is 4.72 Å². The van der Waals surface area contributed by atoms with Crippen LogP contribution in [0.4, 0.5) is 0 Å². The molecule has 0 saturated carbocycles. The van der Waals surface area contributed by atoms with Crippen molar-refractivity contribution < 1.29 is 17.9 Å². The van der Waals surface area contributed by atoms with Gasteiger partial charge in [-0.05, 0) is 43.7 Å². The second-order valence-electron chi connectivity index (χ2n) is 5.51. The highest BCUT2D eigenvalue weighted by Gasteiger charge is 2.23. The zero-order chi connectivity index (χ0) is 18.6. The Labute approximate surface area is 157 Å². The molecule has 1 atom stereocenters. The predicted molar refractivity (Wildman–Crippen MR) is 97.2 cm³/mol. The quantitative estimate of drug-likeness (QED) is 0.748. The molecule has 5 nitrogen and oxygen atoms in total. The second kappa shape index (κ2) is 8.19. The molecule has 0 aliphatic carbocycles. The van der Waals surface area contributed by atoms with E-state index in [1.807, 2.05) is 6.92 Å². The van der Waals surface area contributed by atoms with E-state index >= 15 is 0 Å². The topological polar surface area (TPSA) is 72.5 Å². The van der Waals surface area contributed by atoms with E-state index in [4.69, 9.17) is 27.9 Å². The van der Waals surface area contributed by atoms with Crippen LogP contribution < -0.4 is 4.72 Å². The first-order valence-corrected chi connectivity index (χ1v) is 9.62. The number of aryl methyl sites for hydroxylation is 1. The van der Waals surface area contributed by atoms with Crippen LogP contribution in [0, 0.1) is 6.92 Å². The van der Waals surface area contributed by atoms with Crippen LogP contribution in [-0.2, 0) is 26.2 Å². The Morgan fingerprint density at radius 1 is 1.12 bits per heavy atom. The van der Waals surface area contributed by atoms with Gasteiger partial charge in [0.15, 0.2) is 0 Å². The van der Waals surface area contributed by atoms with Crippen molar-refractivity contribution >= 4 is 39.2 Å². The molecule has 134 valence electrons. The maximum absolute atomic E-state index is 12.3. The van der Waals surface area contributed by atoms with Gasteiger partial charge in [-0.25, -0.2) is 8.42 Å². The van der Waals surface area contributed by atoms with Crippen molar-refractivity contribution in [1.82, 2.24) is 4.72 Å². The van der Waals surface area contributed by atoms with Gasteiger partial charge in [0.2, 0.25) is 10.0 Å². The standard InChI is InChI=1S/C17H17Cl2NO4S/c1-11-3-6-14(7-4-11)25(22,23)20-12(2)17(21)24-10-13-5-8-15(18)16(19)9-13/h3-9,12,20H,10H2,1-2H3/t12-/m0/s1. The third-order valence-electron chi connectivity index (χ3n) is 3.38. The molecule has 0 aliphatic rings. The van der Waals surface area contributed by atoms with Gasteiger partial charge in [0.1, 0.15) is 12.6 Å². The summed E-state index contributed by atoms with van der Waals surface area (Å²) < 4.78 is 31.9. The summed E-state index contributed by atoms with van der Waals surface area (Å²) >= 11 is 11.7. The lowest BCUT2D eigenvalue weighted by Gasteiger charge is -2.14. The average Bonchev–Trinajstić information content (AvgIpc) is 2.55. The average molecular weight is 402 g/mol. The Bertz CT molecular complexity index is 867. The Kier molecular flexibility index (Phi) is 6.46. The first kappa shape index (κ1) is 19.7. The molecule has 2 aromatic rings. The summed E-state index contributed by atoms with van der Waals surface area (Å²) in [7, 11) is -3.81. The van der Waals surface area contributed by atoms with E-state index in [2.05, 4.69) is 4.72 Å². The van der Waals surface area contributed by atoms with Crippen molar-refractivity contribution in [3.63, 3.8) is 0 Å². The van der Waals surface area contributed by atoms with Crippen LogP contribution in [0.5, 0.6) is 0 Å². The number of halogens is 2. The van der Waals surface area contributed by atoms with E-state index in [1.54, 1.807) is 30.3 Å². The van der Waals surface area contributed by atoms with Gasteiger partial charge in [-0.3, -0.25) is 4.79 Å². The summed E-state index contributed by atoms with van der Waals surface area (Å²) in [6, 6.07) is 10.1. The zero-order valence-electron chi connectivity index (χ0n) is 13.6. The fourth-order valence-electron chi connectivity index (χ4n) is 1.98. The van der Waals surface area contributed by atoms with Gasteiger partial charge in [-0.1, -0.05) is 47.0 Å². The number of benzene rings is 2. The van der Waals surface area contributed by atoms with Gasteiger partial charge < -0.3 is 4.74 Å². The van der Waals surface area contributed by atoms with Crippen LogP contribution in [0.15, 0.2) is 47.4 Å². The van der Waals surface area contributed by atoms with Crippen LogP contribution in [0.2, 0.25) is 10.0 Å². The fraction of sp³-hybridized carbons (Fsp3) is 0.235. The third kappa shape index (κ3) is 5.44. The number of nitrogens with one attached hydrogen (secondary N) is 1. The Morgan fingerprint density at radius 2 is 1.76 bits per heavy atom. The Balaban J connectivity index is 1.97. The normalized spacial score (nSPS) is 12.6. The summed E-state index contributed by atoms with van der Waals surface area (Å²) in [5.41, 5.74) is 1.59. The van der Waals surface area contributed by atoms with E-state index in [0.717, 1.165) is 5.56 Å². The minimum Gasteiger partial charge on any atom is -0.460 e. The number of hydrogen-bond donors (Lipinski definition) is 1. The van der Waals surface area contributed by atoms with Crippen LogP contribution in [0.3, 0.4) is 0 Å². The SMILES string of the molecule is Cc1ccc(S(=O)(=O)N[C@@H](C)C(=O)OCc2ccc(Cl)c(Cl)c2)cc1. The maximum Gasteiger partial charge on any atom is 0.324 e. The van der Waals surface area contributed by atoms with Crippen LogP contribution in [0.1, 0.15) is 18.1 Å². The molecule has 0 bridgehead atoms. The molecular weight excluding hydrogens is 385 g/mol. The molecule has 0 aliphatic heterocycles. The number of carbonyl (C=O) groups is 1. The summed E-state index contributed by atoms with van der Waals surface area (Å²) in [6.45, 7) is 3.24. The second-order valence-corrected chi connectivity index (χ2v) is 8.04. The molecule has 0 unspecified atom stereocenters. The maximum atomic E-state index is 12.3. The van der Waals surface area contributed by atoms with E-state index in [0.29, 0.717) is 15.6 Å². The molecule has 0 heterocycles. The Hall–Kier alpha value is -1.60. The van der Waals surface area contributed by atoms with Crippen molar-refractivity contribution in [2.45, 2.75) is 31.4 Å². The van der Waals surface area contributed by atoms with E-state index < -0.39 is 22.0 Å². The van der Waals surface area contributed by atoms with Crippen molar-refractivity contribution in [2.24, 2.45) is 0 Å². The predicted octanol–water partition coefficient (Wildman–Crippen LogP) is 3.71. The molecule has 0 saturated heterocycles. The number of ether oxygens (including phenoxy) is 1. The van der Waals surface area contributed by atoms with Crippen molar-refractivity contribution in [1.29, 1.82) is 0 Å². The molecule has 0 aromatic heterocycles. The van der Waals surface area contributed by atoms with Crippen molar-refractivity contribution in [2.75, 3.05) is 0 Å². The summed E-state index contributed by atoms with van der Waals surface area (Å²) in [5.74, 6) is -0.693. The molecule has 0 spiro atoms. The van der Waals surface area contributed by atoms with Crippen LogP contribution in [0.25, 0.3) is 0 Å². The largest absolute Gasteiger partial charge is 0.460 e. The zero-order valence-corrected chi connectivity index (χ0v) is 16.0. The highest BCUT2D eigenvalue weighted by atomic mass is 35.5. The number of esters is 1. The first-order valence-electron chi connectivity index (χ1n) is 7.38. The molecule has 0 fully saturated rings. The fourth-order valence-corrected chi connectivity index (χ4v) is 3.49. The van der Waals surface area contributed by atoms with E-state index in [9.17, 15) is 13.2 Å². The molecular formula is C17H17Cl2NO4S. The number of hydrogen-bond acceptors (Lipinski definition) is 4. The lowest BCUT2D eigenvalue weighted by Crippen LogP contribution is -2.39. The molecule has 0 radical (unpaired) electrons. The minimum atomic E-state index is -3.81. The highest BCUT2D eigenvalue weighted by molar-refractivity contribution is 7.89. The molecule has 8 heteroatoms. The first-order chi connectivity index (χ1) is 11.7. The number of sulfonamides is 1. The summed E-state index contributed by atoms with van der Waals surface area (Å²) in [4.78, 5) is 12.1. The van der Waals surface area contributed by atoms with Gasteiger partial charge in [0, 0.05) is 0 Å². The molecule has 2 aromatic carbocycles. The molecule has 25 heavy (non-hydrogen) atoms. The lowest BCUT2D eigenvalue weighted by molar-refractivity contribution is -0.146. The highest BCUT2D eigenvalue weighted by Crippen LogP contribution is 2.23. The van der Waals surface area contributed by atoms with Gasteiger partial charge in [0.25, 0.3) is 0 Å².